The summed E-state index contributed by atoms with van der Waals surface area (Å²) >= 11 is 1.69. The van der Waals surface area contributed by atoms with Crippen molar-refractivity contribution in [3.8, 4) is 5.75 Å². The Morgan fingerprint density at radius 3 is 2.71 bits per heavy atom. The molecule has 2 aliphatic rings. The fraction of sp³-hybridized carbons (Fsp3) is 0.250. The number of Topliss-reactive ketones (excluding diaryl/α,β-unsaturated/α-hetero) is 1. The molecule has 1 aromatic carbocycles. The molecule has 3 heterocycles. The van der Waals surface area contributed by atoms with Gasteiger partial charge in [-0.1, -0.05) is 18.2 Å². The Morgan fingerprint density at radius 1 is 1.14 bits per heavy atom. The molecule has 0 radical (unpaired) electrons. The Bertz CT molecular complexity index is 1040. The predicted molar refractivity (Wildman–Crippen MR) is 106 cm³/mol. The van der Waals surface area contributed by atoms with Crippen molar-refractivity contribution >= 4 is 28.8 Å². The molecule has 7 nitrogen and oxygen atoms in total. The first-order valence-corrected chi connectivity index (χ1v) is 9.90. The molecule has 2 aromatic heterocycles. The molecule has 1 aliphatic carbocycles. The van der Waals surface area contributed by atoms with E-state index in [1.54, 1.807) is 18.4 Å². The number of ether oxygens (including phenoxy) is 1. The minimum atomic E-state index is -0.335. The number of methoxy groups -OCH3 is 1. The number of nitrogens with zero attached hydrogens (tertiary/aromatic N) is 2. The van der Waals surface area contributed by atoms with Crippen LogP contribution in [0.25, 0.3) is 0 Å². The van der Waals surface area contributed by atoms with Crippen LogP contribution in [0.2, 0.25) is 0 Å². The van der Waals surface area contributed by atoms with Crippen molar-refractivity contribution < 1.29 is 14.2 Å². The highest BCUT2D eigenvalue weighted by molar-refractivity contribution is 7.10. The largest absolute Gasteiger partial charge is 0.497 e. The highest BCUT2D eigenvalue weighted by Gasteiger charge is 2.37. The van der Waals surface area contributed by atoms with Gasteiger partial charge in [0.15, 0.2) is 5.78 Å². The van der Waals surface area contributed by atoms with Gasteiger partial charge in [0.25, 0.3) is 0 Å². The second-order valence-corrected chi connectivity index (χ2v) is 7.85. The Hall–Kier alpha value is -3.13. The summed E-state index contributed by atoms with van der Waals surface area (Å²) in [6.45, 7) is 0. The van der Waals surface area contributed by atoms with E-state index in [9.17, 15) is 4.79 Å². The summed E-state index contributed by atoms with van der Waals surface area (Å²) < 4.78 is 10.2. The summed E-state index contributed by atoms with van der Waals surface area (Å²) in [6, 6.07) is 11.5. The molecule has 0 spiro atoms. The molecule has 0 saturated carbocycles. The van der Waals surface area contributed by atoms with E-state index in [4.69, 9.17) is 9.37 Å². The van der Waals surface area contributed by atoms with Crippen molar-refractivity contribution in [1.82, 2.24) is 10.3 Å². The quantitative estimate of drug-likeness (QED) is 0.691. The van der Waals surface area contributed by atoms with Crippen molar-refractivity contribution in [3.63, 3.8) is 0 Å². The molecule has 5 rings (SSSR count). The Balaban J connectivity index is 1.59. The molecule has 0 fully saturated rings. The first kappa shape index (κ1) is 17.0. The maximum atomic E-state index is 13.2. The van der Waals surface area contributed by atoms with Gasteiger partial charge in [0, 0.05) is 28.5 Å². The van der Waals surface area contributed by atoms with Crippen LogP contribution >= 0.6 is 11.3 Å². The van der Waals surface area contributed by atoms with Gasteiger partial charge >= 0.3 is 0 Å². The molecule has 28 heavy (non-hydrogen) atoms. The van der Waals surface area contributed by atoms with Crippen molar-refractivity contribution in [2.45, 2.75) is 24.8 Å². The number of allylic oxidation sites excluding steroid dienone is 1. The maximum absolute atomic E-state index is 13.2. The van der Waals surface area contributed by atoms with Crippen LogP contribution in [0.1, 0.15) is 35.2 Å². The summed E-state index contributed by atoms with van der Waals surface area (Å²) in [6.07, 6.45) is 1.23. The van der Waals surface area contributed by atoms with E-state index in [-0.39, 0.29) is 17.7 Å². The molecule has 8 heteroatoms. The Kier molecular flexibility index (Phi) is 4.12. The molecule has 1 aliphatic heterocycles. The smallest absolute Gasteiger partial charge is 0.219 e. The maximum Gasteiger partial charge on any atom is 0.219 e. The predicted octanol–water partition coefficient (Wildman–Crippen LogP) is 4.12. The van der Waals surface area contributed by atoms with E-state index in [1.807, 2.05) is 35.7 Å². The molecule has 142 valence electrons. The van der Waals surface area contributed by atoms with Crippen LogP contribution in [0.5, 0.6) is 5.75 Å². The van der Waals surface area contributed by atoms with E-state index in [1.165, 1.54) is 4.88 Å². The molecule has 0 unspecified atom stereocenters. The summed E-state index contributed by atoms with van der Waals surface area (Å²) in [5, 5.41) is 16.6. The molecule has 0 amide bonds. The number of fused-ring (bicyclic) bond motifs is 1. The monoisotopic (exact) mass is 394 g/mol. The topological polar surface area (TPSA) is 89.3 Å². The average Bonchev–Trinajstić information content (AvgIpc) is 3.37. The van der Waals surface area contributed by atoms with E-state index < -0.39 is 0 Å². The third kappa shape index (κ3) is 2.86. The Morgan fingerprint density at radius 2 is 1.96 bits per heavy atom. The number of thiophene rings is 1. The number of aromatic nitrogens is 2. The number of hydrogen-bond acceptors (Lipinski definition) is 8. The minimum absolute atomic E-state index is 0.127. The molecule has 2 N–H and O–H groups in total. The van der Waals surface area contributed by atoms with Crippen LogP contribution in [0.4, 0.5) is 11.6 Å². The molecule has 2 atom stereocenters. The number of nitrogens with one attached hydrogen (secondary N) is 2. The van der Waals surface area contributed by atoms with Crippen molar-refractivity contribution in [2.24, 2.45) is 0 Å². The van der Waals surface area contributed by atoms with Gasteiger partial charge < -0.3 is 15.4 Å². The number of benzene rings is 1. The van der Waals surface area contributed by atoms with Crippen LogP contribution in [0.15, 0.2) is 57.7 Å². The normalized spacial score (nSPS) is 21.2. The SMILES string of the molecule is COc1ccc([C@H]2Nc3nonc3NC3=C2C(=O)C[C@@H](c2cccs2)C3)cc1. The Labute approximate surface area is 165 Å². The minimum Gasteiger partial charge on any atom is -0.497 e. The lowest BCUT2D eigenvalue weighted by molar-refractivity contribution is -0.116. The lowest BCUT2D eigenvalue weighted by atomic mass is 9.81. The van der Waals surface area contributed by atoms with Gasteiger partial charge in [0.2, 0.25) is 11.6 Å². The standard InChI is InChI=1S/C20H18N4O3S/c1-26-13-6-4-11(5-7-13)18-17-14(21-19-20(22-18)24-27-23-19)9-12(10-15(17)25)16-3-2-8-28-16/h2-8,12,18H,9-10H2,1H3,(H,21,23)(H,22,24)/t12-,18+/m0/s1. The lowest BCUT2D eigenvalue weighted by Crippen LogP contribution is -2.26. The highest BCUT2D eigenvalue weighted by Crippen LogP contribution is 2.44. The highest BCUT2D eigenvalue weighted by atomic mass is 32.1. The second kappa shape index (κ2) is 6.79. The molecule has 0 bridgehead atoms. The van der Waals surface area contributed by atoms with Crippen LogP contribution in [0, 0.1) is 0 Å². The number of ketones is 1. The molecule has 0 saturated heterocycles. The second-order valence-electron chi connectivity index (χ2n) is 6.87. The zero-order valence-electron chi connectivity index (χ0n) is 15.1. The van der Waals surface area contributed by atoms with Crippen molar-refractivity contribution in [2.75, 3.05) is 17.7 Å². The summed E-state index contributed by atoms with van der Waals surface area (Å²) in [5.74, 6) is 2.05. The van der Waals surface area contributed by atoms with Crippen LogP contribution in [0.3, 0.4) is 0 Å². The van der Waals surface area contributed by atoms with Gasteiger partial charge in [-0.3, -0.25) is 4.79 Å². The van der Waals surface area contributed by atoms with Crippen LogP contribution in [-0.4, -0.2) is 23.2 Å². The summed E-state index contributed by atoms with van der Waals surface area (Å²) in [5.41, 5.74) is 2.56. The van der Waals surface area contributed by atoms with E-state index in [0.717, 1.165) is 29.0 Å². The number of rotatable bonds is 3. The van der Waals surface area contributed by atoms with E-state index in [2.05, 4.69) is 27.0 Å². The average molecular weight is 394 g/mol. The van der Waals surface area contributed by atoms with Crippen LogP contribution in [-0.2, 0) is 4.79 Å². The zero-order chi connectivity index (χ0) is 19.1. The van der Waals surface area contributed by atoms with Crippen molar-refractivity contribution in [3.05, 3.63) is 63.5 Å². The fourth-order valence-corrected chi connectivity index (χ4v) is 4.70. The summed E-state index contributed by atoms with van der Waals surface area (Å²) in [7, 11) is 1.63. The summed E-state index contributed by atoms with van der Waals surface area (Å²) in [4.78, 5) is 14.5. The number of anilines is 2. The van der Waals surface area contributed by atoms with E-state index in [0.29, 0.717) is 18.1 Å². The number of carbonyl (C=O) groups excluding carboxylic acids is 1. The third-order valence-electron chi connectivity index (χ3n) is 5.23. The van der Waals surface area contributed by atoms with Gasteiger partial charge in [-0.05, 0) is 45.9 Å². The van der Waals surface area contributed by atoms with Gasteiger partial charge in [-0.25, -0.2) is 4.63 Å². The number of carbonyl (C=O) groups is 1. The fourth-order valence-electron chi connectivity index (χ4n) is 3.87. The zero-order valence-corrected chi connectivity index (χ0v) is 16.0. The lowest BCUT2D eigenvalue weighted by Gasteiger charge is -2.29. The third-order valence-corrected chi connectivity index (χ3v) is 6.26. The van der Waals surface area contributed by atoms with Gasteiger partial charge in [-0.15, -0.1) is 11.3 Å². The first-order valence-electron chi connectivity index (χ1n) is 9.02. The molecular formula is C20H18N4O3S. The first-order chi connectivity index (χ1) is 13.7. The number of hydrogen-bond donors (Lipinski definition) is 2. The van der Waals surface area contributed by atoms with E-state index >= 15 is 0 Å². The van der Waals surface area contributed by atoms with Gasteiger partial charge in [0.05, 0.1) is 13.2 Å². The van der Waals surface area contributed by atoms with Gasteiger partial charge in [-0.2, -0.15) is 0 Å². The molecular weight excluding hydrogens is 376 g/mol. The molecule has 3 aromatic rings. The van der Waals surface area contributed by atoms with Crippen LogP contribution < -0.4 is 15.4 Å². The van der Waals surface area contributed by atoms with Crippen molar-refractivity contribution in [1.29, 1.82) is 0 Å². The van der Waals surface area contributed by atoms with Gasteiger partial charge in [0.1, 0.15) is 5.75 Å².